The van der Waals surface area contributed by atoms with E-state index in [2.05, 4.69) is 26.7 Å². The molecule has 0 spiro atoms. The molecule has 0 saturated carbocycles. The summed E-state index contributed by atoms with van der Waals surface area (Å²) in [4.78, 5) is 9.20. The van der Waals surface area contributed by atoms with Gasteiger partial charge in [-0.25, -0.2) is 9.97 Å². The minimum Gasteiger partial charge on any atom is -0.495 e. The Hall–Kier alpha value is -3.06. The lowest BCUT2D eigenvalue weighted by Gasteiger charge is -2.22. The molecule has 1 fully saturated rings. The van der Waals surface area contributed by atoms with Crippen LogP contribution in [0.3, 0.4) is 0 Å². The molecule has 35 heavy (non-hydrogen) atoms. The van der Waals surface area contributed by atoms with Crippen LogP contribution in [0.1, 0.15) is 24.3 Å². The van der Waals surface area contributed by atoms with Gasteiger partial charge < -0.3 is 20.1 Å². The average Bonchev–Trinajstić information content (AvgIpc) is 2.90. The van der Waals surface area contributed by atoms with Crippen molar-refractivity contribution in [2.24, 2.45) is 0 Å². The number of aromatic nitrogens is 2. The molecule has 0 atom stereocenters. The van der Waals surface area contributed by atoms with Crippen LogP contribution < -0.4 is 20.1 Å². The van der Waals surface area contributed by atoms with Crippen LogP contribution in [0.2, 0.25) is 10.0 Å². The first-order valence-corrected chi connectivity index (χ1v) is 12.3. The van der Waals surface area contributed by atoms with Crippen molar-refractivity contribution in [2.75, 3.05) is 32.6 Å². The van der Waals surface area contributed by atoms with Gasteiger partial charge in [0.2, 0.25) is 0 Å². The predicted octanol–water partition coefficient (Wildman–Crippen LogP) is 6.83. The summed E-state index contributed by atoms with van der Waals surface area (Å²) in [5.41, 5.74) is 2.80. The summed E-state index contributed by atoms with van der Waals surface area (Å²) in [6.45, 7) is 2.13. The lowest BCUT2D eigenvalue weighted by Crippen LogP contribution is -2.26. The predicted molar refractivity (Wildman–Crippen MR) is 143 cm³/mol. The fourth-order valence-corrected chi connectivity index (χ4v) is 5.23. The Morgan fingerprint density at radius 1 is 0.829 bits per heavy atom. The summed E-state index contributed by atoms with van der Waals surface area (Å²) < 4.78 is 10.8. The van der Waals surface area contributed by atoms with Crippen LogP contribution in [0.4, 0.5) is 11.6 Å². The van der Waals surface area contributed by atoms with Crippen LogP contribution in [0.5, 0.6) is 11.5 Å². The Balaban J connectivity index is 1.40. The standard InChI is InChI=1S/C27H26Cl2N4O2/c1-34-21-13-22(35-2)27(29)25(26(21)28)18-4-3-17-12-24(32-15-20(17)11-18)33-23-6-5-19(14-31-23)16-7-9-30-10-8-16/h3-6,11-16,30H,7-10H2,1-2H3,(H,31,32,33). The number of methoxy groups -OCH3 is 2. The van der Waals surface area contributed by atoms with Crippen molar-refractivity contribution in [3.8, 4) is 22.6 Å². The lowest BCUT2D eigenvalue weighted by atomic mass is 9.91. The summed E-state index contributed by atoms with van der Waals surface area (Å²) in [5, 5.41) is 9.57. The zero-order chi connectivity index (χ0) is 24.4. The zero-order valence-corrected chi connectivity index (χ0v) is 21.1. The molecule has 0 unspecified atom stereocenters. The number of piperidine rings is 1. The van der Waals surface area contributed by atoms with Gasteiger partial charge in [0.25, 0.3) is 0 Å². The van der Waals surface area contributed by atoms with E-state index < -0.39 is 0 Å². The fraction of sp³-hybridized carbons (Fsp3) is 0.259. The third kappa shape index (κ3) is 4.87. The quantitative estimate of drug-likeness (QED) is 0.297. The van der Waals surface area contributed by atoms with Crippen molar-refractivity contribution in [3.63, 3.8) is 0 Å². The van der Waals surface area contributed by atoms with Crippen molar-refractivity contribution >= 4 is 45.6 Å². The maximum atomic E-state index is 6.60. The number of pyridine rings is 2. The molecule has 6 nitrogen and oxygen atoms in total. The Bertz CT molecular complexity index is 1330. The molecule has 1 aliphatic rings. The second-order valence-corrected chi connectivity index (χ2v) is 9.30. The molecule has 0 bridgehead atoms. The number of ether oxygens (including phenoxy) is 2. The summed E-state index contributed by atoms with van der Waals surface area (Å²) in [5.74, 6) is 3.08. The van der Waals surface area contributed by atoms with Gasteiger partial charge in [-0.1, -0.05) is 41.4 Å². The number of fused-ring (bicyclic) bond motifs is 1. The molecule has 0 aliphatic carbocycles. The topological polar surface area (TPSA) is 68.3 Å². The van der Waals surface area contributed by atoms with Gasteiger partial charge in [0.05, 0.1) is 24.3 Å². The highest BCUT2D eigenvalue weighted by Gasteiger charge is 2.19. The minimum atomic E-state index is 0.433. The second-order valence-electron chi connectivity index (χ2n) is 8.54. The number of anilines is 2. The number of nitrogens with zero attached hydrogens (tertiary/aromatic N) is 2. The molecule has 4 aromatic rings. The molecule has 2 aromatic heterocycles. The third-order valence-electron chi connectivity index (χ3n) is 6.44. The molecular weight excluding hydrogens is 483 g/mol. The van der Waals surface area contributed by atoms with Crippen molar-refractivity contribution < 1.29 is 9.47 Å². The van der Waals surface area contributed by atoms with E-state index in [-0.39, 0.29) is 0 Å². The maximum absolute atomic E-state index is 6.60. The molecule has 0 amide bonds. The van der Waals surface area contributed by atoms with Crippen LogP contribution in [0.25, 0.3) is 21.9 Å². The minimum absolute atomic E-state index is 0.433. The van der Waals surface area contributed by atoms with Crippen molar-refractivity contribution in [1.82, 2.24) is 15.3 Å². The molecule has 1 saturated heterocycles. The number of nitrogens with one attached hydrogen (secondary N) is 2. The summed E-state index contributed by atoms with van der Waals surface area (Å²) in [6.07, 6.45) is 6.11. The highest BCUT2D eigenvalue weighted by Crippen LogP contribution is 2.46. The Labute approximate surface area is 214 Å². The number of benzene rings is 2. The summed E-state index contributed by atoms with van der Waals surface area (Å²) in [6, 6.07) is 13.9. The SMILES string of the molecule is COc1cc(OC)c(Cl)c(-c2ccc3cc(Nc4ccc(C5CCNCC5)cn4)ncc3c2)c1Cl. The van der Waals surface area contributed by atoms with Gasteiger partial charge in [-0.3, -0.25) is 0 Å². The summed E-state index contributed by atoms with van der Waals surface area (Å²) in [7, 11) is 3.13. The van der Waals surface area contributed by atoms with Gasteiger partial charge in [0.1, 0.15) is 23.1 Å². The lowest BCUT2D eigenvalue weighted by molar-refractivity contribution is 0.395. The van der Waals surface area contributed by atoms with E-state index in [4.69, 9.17) is 32.7 Å². The second kappa shape index (κ2) is 10.3. The van der Waals surface area contributed by atoms with Crippen LogP contribution in [0, 0.1) is 0 Å². The molecule has 180 valence electrons. The highest BCUT2D eigenvalue weighted by molar-refractivity contribution is 6.41. The molecule has 5 rings (SSSR count). The number of halogens is 2. The van der Waals surface area contributed by atoms with E-state index in [0.29, 0.717) is 33.0 Å². The van der Waals surface area contributed by atoms with E-state index in [0.717, 1.165) is 53.9 Å². The summed E-state index contributed by atoms with van der Waals surface area (Å²) >= 11 is 13.2. The van der Waals surface area contributed by atoms with Crippen LogP contribution in [-0.2, 0) is 0 Å². The molecular formula is C27H26Cl2N4O2. The van der Waals surface area contributed by atoms with E-state index in [1.807, 2.05) is 42.7 Å². The average molecular weight is 509 g/mol. The fourth-order valence-electron chi connectivity index (χ4n) is 4.51. The van der Waals surface area contributed by atoms with E-state index >= 15 is 0 Å². The van der Waals surface area contributed by atoms with E-state index in [1.165, 1.54) is 5.56 Å². The Morgan fingerprint density at radius 3 is 2.20 bits per heavy atom. The monoisotopic (exact) mass is 508 g/mol. The van der Waals surface area contributed by atoms with Gasteiger partial charge >= 0.3 is 0 Å². The maximum Gasteiger partial charge on any atom is 0.141 e. The largest absolute Gasteiger partial charge is 0.495 e. The first kappa shape index (κ1) is 23.7. The van der Waals surface area contributed by atoms with Crippen molar-refractivity contribution in [1.29, 1.82) is 0 Å². The first-order valence-electron chi connectivity index (χ1n) is 11.5. The number of hydrogen-bond acceptors (Lipinski definition) is 6. The molecule has 0 radical (unpaired) electrons. The van der Waals surface area contributed by atoms with Gasteiger partial charge in [-0.15, -0.1) is 0 Å². The molecule has 8 heteroatoms. The van der Waals surface area contributed by atoms with E-state index in [9.17, 15) is 0 Å². The van der Waals surface area contributed by atoms with Crippen molar-refractivity contribution in [2.45, 2.75) is 18.8 Å². The molecule has 2 aromatic carbocycles. The van der Waals surface area contributed by atoms with Crippen LogP contribution >= 0.6 is 23.2 Å². The van der Waals surface area contributed by atoms with Gasteiger partial charge in [-0.2, -0.15) is 0 Å². The number of hydrogen-bond donors (Lipinski definition) is 2. The first-order chi connectivity index (χ1) is 17.1. The van der Waals surface area contributed by atoms with E-state index in [1.54, 1.807) is 20.3 Å². The van der Waals surface area contributed by atoms with Crippen LogP contribution in [-0.4, -0.2) is 37.3 Å². The van der Waals surface area contributed by atoms with Gasteiger partial charge in [0.15, 0.2) is 0 Å². The van der Waals surface area contributed by atoms with Gasteiger partial charge in [-0.05, 0) is 66.6 Å². The van der Waals surface area contributed by atoms with Gasteiger partial charge in [0, 0.05) is 29.4 Å². The third-order valence-corrected chi connectivity index (χ3v) is 7.19. The Kier molecular flexibility index (Phi) is 6.95. The normalized spacial score (nSPS) is 14.2. The molecule has 1 aliphatic heterocycles. The zero-order valence-electron chi connectivity index (χ0n) is 19.6. The Morgan fingerprint density at radius 2 is 1.54 bits per heavy atom. The highest BCUT2D eigenvalue weighted by atomic mass is 35.5. The smallest absolute Gasteiger partial charge is 0.141 e. The molecule has 2 N–H and O–H groups in total. The van der Waals surface area contributed by atoms with Crippen molar-refractivity contribution in [3.05, 3.63) is 70.5 Å². The molecule has 3 heterocycles. The number of rotatable bonds is 6. The van der Waals surface area contributed by atoms with Crippen LogP contribution in [0.15, 0.2) is 54.9 Å².